The molecule has 3 aromatic carbocycles. The minimum atomic E-state index is -0.707. The van der Waals surface area contributed by atoms with Crippen LogP contribution < -0.4 is 4.74 Å². The van der Waals surface area contributed by atoms with E-state index in [0.717, 1.165) is 11.1 Å². The predicted molar refractivity (Wildman–Crippen MR) is 108 cm³/mol. The Morgan fingerprint density at radius 1 is 0.893 bits per heavy atom. The van der Waals surface area contributed by atoms with Crippen LogP contribution in [0.4, 0.5) is 0 Å². The molecule has 3 rings (SSSR count). The van der Waals surface area contributed by atoms with E-state index in [2.05, 4.69) is 6.07 Å². The SMILES string of the molecule is C[C@H](Oc1ccccc1C#N)C(=O)N(Cc1ccccc1)Cc1ccccc1. The normalized spacial score (nSPS) is 11.3. The van der Waals surface area contributed by atoms with Crippen molar-refractivity contribution in [1.82, 2.24) is 4.90 Å². The van der Waals surface area contributed by atoms with Crippen molar-refractivity contribution in [2.24, 2.45) is 0 Å². The second kappa shape index (κ2) is 9.38. The fourth-order valence-electron chi connectivity index (χ4n) is 2.98. The summed E-state index contributed by atoms with van der Waals surface area (Å²) in [6.07, 6.45) is -0.707. The second-order valence-corrected chi connectivity index (χ2v) is 6.53. The van der Waals surface area contributed by atoms with Crippen LogP contribution in [0.25, 0.3) is 0 Å². The van der Waals surface area contributed by atoms with Crippen LogP contribution in [0.1, 0.15) is 23.6 Å². The van der Waals surface area contributed by atoms with Crippen LogP contribution in [0.2, 0.25) is 0 Å². The van der Waals surface area contributed by atoms with Gasteiger partial charge in [-0.2, -0.15) is 5.26 Å². The first-order chi connectivity index (χ1) is 13.7. The van der Waals surface area contributed by atoms with Gasteiger partial charge in [0.15, 0.2) is 6.10 Å². The second-order valence-electron chi connectivity index (χ2n) is 6.53. The van der Waals surface area contributed by atoms with Crippen LogP contribution in [-0.2, 0) is 17.9 Å². The molecular formula is C24H22N2O2. The Balaban J connectivity index is 1.79. The Hall–Kier alpha value is -3.58. The van der Waals surface area contributed by atoms with Crippen LogP contribution in [0.15, 0.2) is 84.9 Å². The number of rotatable bonds is 7. The number of nitrogens with zero attached hydrogens (tertiary/aromatic N) is 2. The summed E-state index contributed by atoms with van der Waals surface area (Å²) in [6.45, 7) is 2.70. The van der Waals surface area contributed by atoms with Gasteiger partial charge < -0.3 is 9.64 Å². The molecule has 0 heterocycles. The fraction of sp³-hybridized carbons (Fsp3) is 0.167. The molecule has 0 aliphatic rings. The molecule has 28 heavy (non-hydrogen) atoms. The van der Waals surface area contributed by atoms with Crippen LogP contribution in [0.3, 0.4) is 0 Å². The highest BCUT2D eigenvalue weighted by Crippen LogP contribution is 2.20. The van der Waals surface area contributed by atoms with Crippen molar-refractivity contribution in [3.63, 3.8) is 0 Å². The molecule has 0 saturated heterocycles. The molecule has 0 radical (unpaired) electrons. The minimum absolute atomic E-state index is 0.125. The average Bonchev–Trinajstić information content (AvgIpc) is 2.74. The predicted octanol–water partition coefficient (Wildman–Crippen LogP) is 4.55. The average molecular weight is 370 g/mol. The van der Waals surface area contributed by atoms with E-state index in [1.54, 1.807) is 36.1 Å². The van der Waals surface area contributed by atoms with E-state index in [1.165, 1.54) is 0 Å². The Morgan fingerprint density at radius 2 is 1.39 bits per heavy atom. The number of carbonyl (C=O) groups is 1. The molecule has 3 aromatic rings. The minimum Gasteiger partial charge on any atom is -0.480 e. The maximum absolute atomic E-state index is 13.2. The third-order valence-electron chi connectivity index (χ3n) is 4.40. The van der Waals surface area contributed by atoms with Crippen molar-refractivity contribution in [3.05, 3.63) is 102 Å². The maximum Gasteiger partial charge on any atom is 0.263 e. The number of ether oxygens (including phenoxy) is 1. The van der Waals surface area contributed by atoms with E-state index in [9.17, 15) is 10.1 Å². The van der Waals surface area contributed by atoms with E-state index in [4.69, 9.17) is 4.74 Å². The smallest absolute Gasteiger partial charge is 0.263 e. The number of hydrogen-bond acceptors (Lipinski definition) is 3. The van der Waals surface area contributed by atoms with Crippen molar-refractivity contribution in [2.45, 2.75) is 26.1 Å². The van der Waals surface area contributed by atoms with Gasteiger partial charge in [0, 0.05) is 13.1 Å². The molecule has 0 N–H and O–H groups in total. The third kappa shape index (κ3) is 4.99. The van der Waals surface area contributed by atoms with Gasteiger partial charge in [-0.3, -0.25) is 4.79 Å². The van der Waals surface area contributed by atoms with E-state index in [-0.39, 0.29) is 5.91 Å². The molecule has 1 amide bonds. The first-order valence-electron chi connectivity index (χ1n) is 9.20. The van der Waals surface area contributed by atoms with Crippen molar-refractivity contribution < 1.29 is 9.53 Å². The molecule has 0 bridgehead atoms. The number of nitriles is 1. The first-order valence-corrected chi connectivity index (χ1v) is 9.20. The van der Waals surface area contributed by atoms with Crippen molar-refractivity contribution in [3.8, 4) is 11.8 Å². The zero-order valence-electron chi connectivity index (χ0n) is 15.8. The number of hydrogen-bond donors (Lipinski definition) is 0. The largest absolute Gasteiger partial charge is 0.480 e. The summed E-state index contributed by atoms with van der Waals surface area (Å²) in [6, 6.07) is 28.8. The van der Waals surface area contributed by atoms with Crippen LogP contribution in [-0.4, -0.2) is 16.9 Å². The zero-order chi connectivity index (χ0) is 19.8. The lowest BCUT2D eigenvalue weighted by Gasteiger charge is -2.26. The summed E-state index contributed by atoms with van der Waals surface area (Å²) in [5.41, 5.74) is 2.52. The molecule has 0 fully saturated rings. The van der Waals surface area contributed by atoms with Gasteiger partial charge in [0.25, 0.3) is 5.91 Å². The van der Waals surface area contributed by atoms with Gasteiger partial charge in [-0.1, -0.05) is 72.8 Å². The van der Waals surface area contributed by atoms with E-state index in [1.807, 2.05) is 60.7 Å². The van der Waals surface area contributed by atoms with Crippen molar-refractivity contribution in [2.75, 3.05) is 0 Å². The molecule has 1 atom stereocenters. The first kappa shape index (κ1) is 19.2. The Bertz CT molecular complexity index is 908. The Morgan fingerprint density at radius 3 is 1.93 bits per heavy atom. The summed E-state index contributed by atoms with van der Waals surface area (Å²) in [5.74, 6) is 0.297. The standard InChI is InChI=1S/C24H22N2O2/c1-19(28-23-15-9-8-14-22(23)16-25)24(27)26(17-20-10-4-2-5-11-20)18-21-12-6-3-7-13-21/h2-15,19H,17-18H2,1H3/t19-/m0/s1. The fourth-order valence-corrected chi connectivity index (χ4v) is 2.98. The highest BCUT2D eigenvalue weighted by molar-refractivity contribution is 5.81. The van der Waals surface area contributed by atoms with Crippen molar-refractivity contribution in [1.29, 1.82) is 5.26 Å². The molecule has 140 valence electrons. The lowest BCUT2D eigenvalue weighted by Crippen LogP contribution is -2.39. The van der Waals surface area contributed by atoms with Gasteiger partial charge in [0.2, 0.25) is 0 Å². The number of para-hydroxylation sites is 1. The molecule has 0 aliphatic carbocycles. The van der Waals surface area contributed by atoms with Crippen LogP contribution in [0, 0.1) is 11.3 Å². The summed E-state index contributed by atoms with van der Waals surface area (Å²) in [7, 11) is 0. The summed E-state index contributed by atoms with van der Waals surface area (Å²) in [4.78, 5) is 15.0. The topological polar surface area (TPSA) is 53.3 Å². The Kier molecular flexibility index (Phi) is 6.43. The lowest BCUT2D eigenvalue weighted by atomic mass is 10.1. The zero-order valence-corrected chi connectivity index (χ0v) is 15.8. The van der Waals surface area contributed by atoms with E-state index >= 15 is 0 Å². The van der Waals surface area contributed by atoms with Crippen LogP contribution in [0.5, 0.6) is 5.75 Å². The van der Waals surface area contributed by atoms with Gasteiger partial charge in [0.1, 0.15) is 11.8 Å². The molecule has 0 spiro atoms. The van der Waals surface area contributed by atoms with Gasteiger partial charge in [-0.15, -0.1) is 0 Å². The molecule has 4 heteroatoms. The van der Waals surface area contributed by atoms with E-state index < -0.39 is 6.10 Å². The quantitative estimate of drug-likeness (QED) is 0.613. The molecule has 4 nitrogen and oxygen atoms in total. The van der Waals surface area contributed by atoms with E-state index in [0.29, 0.717) is 24.4 Å². The number of benzene rings is 3. The van der Waals surface area contributed by atoms with Gasteiger partial charge >= 0.3 is 0 Å². The summed E-state index contributed by atoms with van der Waals surface area (Å²) < 4.78 is 5.84. The molecule has 0 saturated carbocycles. The summed E-state index contributed by atoms with van der Waals surface area (Å²) >= 11 is 0. The highest BCUT2D eigenvalue weighted by Gasteiger charge is 2.23. The van der Waals surface area contributed by atoms with Crippen LogP contribution >= 0.6 is 0 Å². The number of carbonyl (C=O) groups excluding carboxylic acids is 1. The van der Waals surface area contributed by atoms with Crippen molar-refractivity contribution >= 4 is 5.91 Å². The van der Waals surface area contributed by atoms with Gasteiger partial charge in [-0.25, -0.2) is 0 Å². The molecular weight excluding hydrogens is 348 g/mol. The maximum atomic E-state index is 13.2. The molecule has 0 unspecified atom stereocenters. The van der Waals surface area contributed by atoms with Gasteiger partial charge in [-0.05, 0) is 30.2 Å². The molecule has 0 aromatic heterocycles. The number of amides is 1. The monoisotopic (exact) mass is 370 g/mol. The van der Waals surface area contributed by atoms with Gasteiger partial charge in [0.05, 0.1) is 5.56 Å². The summed E-state index contributed by atoms with van der Waals surface area (Å²) in [5, 5.41) is 9.24. The lowest BCUT2D eigenvalue weighted by molar-refractivity contribution is -0.139. The third-order valence-corrected chi connectivity index (χ3v) is 4.40. The molecule has 0 aliphatic heterocycles. The Labute approximate surface area is 165 Å². The highest BCUT2D eigenvalue weighted by atomic mass is 16.5.